The molecule has 26 heavy (non-hydrogen) atoms. The summed E-state index contributed by atoms with van der Waals surface area (Å²) in [6, 6.07) is 6.18. The number of aryl methyl sites for hydroxylation is 2. The van der Waals surface area contributed by atoms with E-state index in [1.807, 2.05) is 19.1 Å². The van der Waals surface area contributed by atoms with Gasteiger partial charge in [-0.1, -0.05) is 6.92 Å². The molecule has 1 fully saturated rings. The van der Waals surface area contributed by atoms with E-state index in [4.69, 9.17) is 0 Å². The third-order valence-electron chi connectivity index (χ3n) is 4.77. The van der Waals surface area contributed by atoms with Crippen molar-refractivity contribution in [1.82, 2.24) is 24.9 Å². The Morgan fingerprint density at radius 2 is 2.15 bits per heavy atom. The van der Waals surface area contributed by atoms with Gasteiger partial charge in [0.1, 0.15) is 12.1 Å². The maximum atomic E-state index is 12.4. The fraction of sp³-hybridized carbons (Fsp3) is 0.444. The van der Waals surface area contributed by atoms with E-state index >= 15 is 0 Å². The molecule has 4 heterocycles. The van der Waals surface area contributed by atoms with Gasteiger partial charge in [0.05, 0.1) is 4.88 Å². The van der Waals surface area contributed by atoms with Gasteiger partial charge in [-0.05, 0) is 38.3 Å². The first-order valence-electron chi connectivity index (χ1n) is 8.96. The molecule has 0 aliphatic carbocycles. The van der Waals surface area contributed by atoms with Crippen LogP contribution in [0.2, 0.25) is 0 Å². The van der Waals surface area contributed by atoms with Crippen LogP contribution < -0.4 is 10.2 Å². The zero-order valence-electron chi connectivity index (χ0n) is 15.0. The lowest BCUT2D eigenvalue weighted by atomic mass is 10.0. The molecule has 0 aromatic carbocycles. The lowest BCUT2D eigenvalue weighted by molar-refractivity contribution is 0.0935. The number of carbonyl (C=O) groups is 1. The molecule has 0 radical (unpaired) electrons. The number of thiophene rings is 1. The summed E-state index contributed by atoms with van der Waals surface area (Å²) in [6.07, 6.45) is 4.23. The van der Waals surface area contributed by atoms with E-state index in [2.05, 4.69) is 38.3 Å². The van der Waals surface area contributed by atoms with Crippen molar-refractivity contribution >= 4 is 28.8 Å². The Kier molecular flexibility index (Phi) is 4.58. The Labute approximate surface area is 156 Å². The monoisotopic (exact) mass is 370 g/mol. The highest BCUT2D eigenvalue weighted by molar-refractivity contribution is 7.13. The Morgan fingerprint density at radius 3 is 2.85 bits per heavy atom. The highest BCUT2D eigenvalue weighted by Gasteiger charge is 2.24. The van der Waals surface area contributed by atoms with Gasteiger partial charge in [0.25, 0.3) is 11.7 Å². The standard InChI is InChI=1S/C18H22N6OS/c1-3-13-10-16(24-18(22-13)19-11-20-24)23-8-6-14(7-9-23)21-17(25)15-5-4-12(2)26-15/h4-5,10-11,14H,3,6-9H2,1-2H3,(H,21,25). The largest absolute Gasteiger partial charge is 0.356 e. The lowest BCUT2D eigenvalue weighted by Gasteiger charge is -2.33. The SMILES string of the molecule is CCc1cc(N2CCC(NC(=O)c3ccc(C)s3)CC2)n2ncnc2n1. The molecule has 8 heteroatoms. The first-order valence-corrected chi connectivity index (χ1v) is 9.77. The van der Waals surface area contributed by atoms with Crippen molar-refractivity contribution in [1.29, 1.82) is 0 Å². The van der Waals surface area contributed by atoms with Crippen LogP contribution in [-0.4, -0.2) is 44.6 Å². The number of carbonyl (C=O) groups excluding carboxylic acids is 1. The number of nitrogens with zero attached hydrogens (tertiary/aromatic N) is 5. The van der Waals surface area contributed by atoms with Gasteiger partial charge < -0.3 is 10.2 Å². The summed E-state index contributed by atoms with van der Waals surface area (Å²) in [5.41, 5.74) is 1.02. The summed E-state index contributed by atoms with van der Waals surface area (Å²) >= 11 is 1.54. The Bertz CT molecular complexity index is 925. The molecule has 0 saturated carbocycles. The van der Waals surface area contributed by atoms with Crippen molar-refractivity contribution in [3.8, 4) is 0 Å². The van der Waals surface area contributed by atoms with E-state index in [0.29, 0.717) is 5.78 Å². The molecule has 1 saturated heterocycles. The van der Waals surface area contributed by atoms with Gasteiger partial charge >= 0.3 is 0 Å². The normalized spacial score (nSPS) is 15.5. The smallest absolute Gasteiger partial charge is 0.261 e. The van der Waals surface area contributed by atoms with Crippen molar-refractivity contribution in [2.75, 3.05) is 18.0 Å². The quantitative estimate of drug-likeness (QED) is 0.763. The summed E-state index contributed by atoms with van der Waals surface area (Å²) in [4.78, 5) is 25.3. The highest BCUT2D eigenvalue weighted by Crippen LogP contribution is 2.22. The van der Waals surface area contributed by atoms with Gasteiger partial charge in [0, 0.05) is 35.8 Å². The minimum atomic E-state index is 0.0393. The van der Waals surface area contributed by atoms with Crippen molar-refractivity contribution in [3.05, 3.63) is 40.0 Å². The Morgan fingerprint density at radius 1 is 1.35 bits per heavy atom. The number of rotatable bonds is 4. The second kappa shape index (κ2) is 7.03. The van der Waals surface area contributed by atoms with Crippen molar-refractivity contribution in [2.24, 2.45) is 0 Å². The summed E-state index contributed by atoms with van der Waals surface area (Å²) in [6.45, 7) is 5.85. The van der Waals surface area contributed by atoms with Gasteiger partial charge in [0.15, 0.2) is 0 Å². The number of hydrogen-bond donors (Lipinski definition) is 1. The molecule has 0 bridgehead atoms. The third-order valence-corrected chi connectivity index (χ3v) is 5.77. The first kappa shape index (κ1) is 17.0. The number of nitrogens with one attached hydrogen (secondary N) is 1. The van der Waals surface area contributed by atoms with Gasteiger partial charge in [-0.25, -0.2) is 4.98 Å². The van der Waals surface area contributed by atoms with E-state index in [1.165, 1.54) is 0 Å². The van der Waals surface area contributed by atoms with E-state index < -0.39 is 0 Å². The number of amides is 1. The molecule has 136 valence electrons. The maximum absolute atomic E-state index is 12.4. The van der Waals surface area contributed by atoms with Crippen LogP contribution in [0.4, 0.5) is 5.82 Å². The van der Waals surface area contributed by atoms with Crippen LogP contribution in [0.5, 0.6) is 0 Å². The number of fused-ring (bicyclic) bond motifs is 1. The number of aromatic nitrogens is 4. The number of anilines is 1. The summed E-state index contributed by atoms with van der Waals surface area (Å²) in [7, 11) is 0. The van der Waals surface area contributed by atoms with Crippen molar-refractivity contribution < 1.29 is 4.79 Å². The average Bonchev–Trinajstić information content (AvgIpc) is 3.30. The zero-order chi connectivity index (χ0) is 18.1. The molecule has 3 aromatic rings. The third kappa shape index (κ3) is 3.29. The second-order valence-corrected chi connectivity index (χ2v) is 7.86. The predicted molar refractivity (Wildman–Crippen MR) is 102 cm³/mol. The molecular weight excluding hydrogens is 348 g/mol. The van der Waals surface area contributed by atoms with Crippen LogP contribution in [0.15, 0.2) is 24.5 Å². The summed E-state index contributed by atoms with van der Waals surface area (Å²) in [5, 5.41) is 7.48. The van der Waals surface area contributed by atoms with E-state index in [-0.39, 0.29) is 11.9 Å². The van der Waals surface area contributed by atoms with Gasteiger partial charge in [-0.15, -0.1) is 11.3 Å². The molecule has 0 spiro atoms. The minimum absolute atomic E-state index is 0.0393. The van der Waals surface area contributed by atoms with Gasteiger partial charge in [-0.3, -0.25) is 4.79 Å². The molecular formula is C18H22N6OS. The number of hydrogen-bond acceptors (Lipinski definition) is 6. The predicted octanol–water partition coefficient (Wildman–Crippen LogP) is 2.46. The minimum Gasteiger partial charge on any atom is -0.356 e. The van der Waals surface area contributed by atoms with Crippen molar-refractivity contribution in [3.63, 3.8) is 0 Å². The molecule has 1 aliphatic rings. The maximum Gasteiger partial charge on any atom is 0.261 e. The molecule has 0 unspecified atom stereocenters. The molecule has 1 aliphatic heterocycles. The van der Waals surface area contributed by atoms with Gasteiger partial charge in [-0.2, -0.15) is 14.6 Å². The second-order valence-electron chi connectivity index (χ2n) is 6.58. The van der Waals surface area contributed by atoms with Crippen LogP contribution in [0.3, 0.4) is 0 Å². The Hall–Kier alpha value is -2.48. The molecule has 4 rings (SSSR count). The van der Waals surface area contributed by atoms with Gasteiger partial charge in [0.2, 0.25) is 0 Å². The average molecular weight is 370 g/mol. The van der Waals surface area contributed by atoms with Crippen LogP contribution >= 0.6 is 11.3 Å². The highest BCUT2D eigenvalue weighted by atomic mass is 32.1. The van der Waals surface area contributed by atoms with E-state index in [1.54, 1.807) is 22.2 Å². The lowest BCUT2D eigenvalue weighted by Crippen LogP contribution is -2.45. The van der Waals surface area contributed by atoms with Crippen molar-refractivity contribution in [2.45, 2.75) is 39.2 Å². The first-order chi connectivity index (χ1) is 12.6. The summed E-state index contributed by atoms with van der Waals surface area (Å²) < 4.78 is 1.80. The Balaban J connectivity index is 1.44. The van der Waals surface area contributed by atoms with Crippen LogP contribution in [-0.2, 0) is 6.42 Å². The molecule has 1 N–H and O–H groups in total. The molecule has 7 nitrogen and oxygen atoms in total. The van der Waals surface area contributed by atoms with E-state index in [0.717, 1.165) is 53.6 Å². The fourth-order valence-corrected chi connectivity index (χ4v) is 4.09. The topological polar surface area (TPSA) is 75.4 Å². The van der Waals surface area contributed by atoms with Crippen LogP contribution in [0.1, 0.15) is 40.0 Å². The molecule has 3 aromatic heterocycles. The van der Waals surface area contributed by atoms with Crippen LogP contribution in [0.25, 0.3) is 5.78 Å². The zero-order valence-corrected chi connectivity index (χ0v) is 15.8. The van der Waals surface area contributed by atoms with E-state index in [9.17, 15) is 4.79 Å². The number of piperidine rings is 1. The summed E-state index contributed by atoms with van der Waals surface area (Å²) in [5.74, 6) is 1.71. The molecule has 0 atom stereocenters. The molecule has 1 amide bonds. The van der Waals surface area contributed by atoms with Crippen LogP contribution in [0, 0.1) is 6.92 Å². The fourth-order valence-electron chi connectivity index (χ4n) is 3.32.